The summed E-state index contributed by atoms with van der Waals surface area (Å²) >= 11 is 0. The highest BCUT2D eigenvalue weighted by Crippen LogP contribution is 2.25. The summed E-state index contributed by atoms with van der Waals surface area (Å²) in [6.45, 7) is 0.458. The maximum absolute atomic E-state index is 12.8. The maximum Gasteiger partial charge on any atom is 0.315 e. The molecule has 0 aliphatic carbocycles. The molecule has 0 radical (unpaired) electrons. The molecule has 2 heterocycles. The Morgan fingerprint density at radius 2 is 1.64 bits per heavy atom. The Kier molecular flexibility index (Phi) is 5.89. The largest absolute Gasteiger partial charge is 0.361 e. The van der Waals surface area contributed by atoms with Crippen molar-refractivity contribution in [2.45, 2.75) is 19.0 Å². The van der Waals surface area contributed by atoms with Crippen LogP contribution in [0.25, 0.3) is 22.2 Å². The molecule has 4 N–H and O–H groups in total. The van der Waals surface area contributed by atoms with Gasteiger partial charge in [0.25, 0.3) is 0 Å². The summed E-state index contributed by atoms with van der Waals surface area (Å²) in [6.07, 6.45) is 4.42. The standard InChI is InChI=1S/C27H25N5O/c33-27(30-16-19-9-3-1-4-10-19)32-24(15-21-17-28-23-14-8-7-13-22(21)23)26-29-18-25(31-26)20-11-5-2-6-12-20/h1-14,17-18,24,28H,15-16H2,(H,29,31)(H2,30,32,33). The van der Waals surface area contributed by atoms with Crippen molar-refractivity contribution in [3.05, 3.63) is 114 Å². The first-order valence-corrected chi connectivity index (χ1v) is 11.0. The van der Waals surface area contributed by atoms with Crippen molar-refractivity contribution in [2.24, 2.45) is 0 Å². The van der Waals surface area contributed by atoms with Crippen LogP contribution < -0.4 is 10.6 Å². The SMILES string of the molecule is O=C(NCc1ccccc1)NC(Cc1c[nH]c2ccccc12)c1ncc(-c2ccccc2)[nH]1. The highest BCUT2D eigenvalue weighted by Gasteiger charge is 2.20. The summed E-state index contributed by atoms with van der Waals surface area (Å²) in [5.41, 5.74) is 5.21. The number of aromatic nitrogens is 3. The van der Waals surface area contributed by atoms with E-state index < -0.39 is 0 Å². The minimum Gasteiger partial charge on any atom is -0.361 e. The van der Waals surface area contributed by atoms with Crippen molar-refractivity contribution in [3.63, 3.8) is 0 Å². The molecule has 0 aliphatic heterocycles. The highest BCUT2D eigenvalue weighted by molar-refractivity contribution is 5.83. The number of fused-ring (bicyclic) bond motifs is 1. The lowest BCUT2D eigenvalue weighted by atomic mass is 10.0. The van der Waals surface area contributed by atoms with Crippen LogP contribution in [0.15, 0.2) is 97.3 Å². The first-order chi connectivity index (χ1) is 16.3. The molecule has 1 unspecified atom stereocenters. The molecule has 5 aromatic rings. The molecule has 164 valence electrons. The van der Waals surface area contributed by atoms with Gasteiger partial charge in [-0.3, -0.25) is 0 Å². The van der Waals surface area contributed by atoms with E-state index in [2.05, 4.69) is 31.7 Å². The van der Waals surface area contributed by atoms with Crippen molar-refractivity contribution in [2.75, 3.05) is 0 Å². The van der Waals surface area contributed by atoms with Crippen molar-refractivity contribution >= 4 is 16.9 Å². The molecule has 0 bridgehead atoms. The molecule has 1 atom stereocenters. The number of hydrogen-bond acceptors (Lipinski definition) is 2. The van der Waals surface area contributed by atoms with Gasteiger partial charge in [-0.1, -0.05) is 78.9 Å². The van der Waals surface area contributed by atoms with E-state index in [9.17, 15) is 4.79 Å². The molecule has 0 aliphatic rings. The van der Waals surface area contributed by atoms with E-state index in [1.54, 1.807) is 0 Å². The summed E-state index contributed by atoms with van der Waals surface area (Å²) in [5, 5.41) is 7.21. The molecule has 2 aromatic heterocycles. The van der Waals surface area contributed by atoms with Crippen molar-refractivity contribution in [1.82, 2.24) is 25.6 Å². The summed E-state index contributed by atoms with van der Waals surface area (Å²) in [6, 6.07) is 27.5. The lowest BCUT2D eigenvalue weighted by Crippen LogP contribution is -2.38. The van der Waals surface area contributed by atoms with Gasteiger partial charge in [0.15, 0.2) is 0 Å². The van der Waals surface area contributed by atoms with Gasteiger partial charge >= 0.3 is 6.03 Å². The van der Waals surface area contributed by atoms with Gasteiger partial charge in [0.1, 0.15) is 5.82 Å². The number of nitrogens with one attached hydrogen (secondary N) is 4. The number of hydrogen-bond donors (Lipinski definition) is 4. The number of H-pyrrole nitrogens is 2. The third-order valence-electron chi connectivity index (χ3n) is 5.71. The molecular weight excluding hydrogens is 410 g/mol. The summed E-state index contributed by atoms with van der Waals surface area (Å²) < 4.78 is 0. The van der Waals surface area contributed by atoms with E-state index in [1.165, 1.54) is 0 Å². The predicted octanol–water partition coefficient (Wildman–Crippen LogP) is 5.34. The van der Waals surface area contributed by atoms with Crippen molar-refractivity contribution in [3.8, 4) is 11.3 Å². The van der Waals surface area contributed by atoms with Crippen LogP contribution in [0.4, 0.5) is 4.79 Å². The Morgan fingerprint density at radius 1 is 0.909 bits per heavy atom. The number of amides is 2. The lowest BCUT2D eigenvalue weighted by Gasteiger charge is -2.17. The second kappa shape index (κ2) is 9.44. The Morgan fingerprint density at radius 3 is 2.45 bits per heavy atom. The molecule has 33 heavy (non-hydrogen) atoms. The van der Waals surface area contributed by atoms with E-state index >= 15 is 0 Å². The van der Waals surface area contributed by atoms with Gasteiger partial charge in [-0.05, 0) is 22.8 Å². The van der Waals surface area contributed by atoms with E-state index in [0.29, 0.717) is 18.8 Å². The predicted molar refractivity (Wildman–Crippen MR) is 131 cm³/mol. The van der Waals surface area contributed by atoms with Crippen LogP contribution in [0.2, 0.25) is 0 Å². The Hall–Kier alpha value is -4.32. The van der Waals surface area contributed by atoms with Gasteiger partial charge in [0, 0.05) is 30.1 Å². The smallest absolute Gasteiger partial charge is 0.315 e. The van der Waals surface area contributed by atoms with Crippen LogP contribution in [0.3, 0.4) is 0 Å². The third kappa shape index (κ3) is 4.80. The van der Waals surface area contributed by atoms with Gasteiger partial charge in [0.05, 0.1) is 17.9 Å². The maximum atomic E-state index is 12.8. The number of carbonyl (C=O) groups is 1. The molecule has 0 spiro atoms. The lowest BCUT2D eigenvalue weighted by molar-refractivity contribution is 0.236. The van der Waals surface area contributed by atoms with Gasteiger partial charge in [0.2, 0.25) is 0 Å². The number of rotatable bonds is 7. The second-order valence-corrected chi connectivity index (χ2v) is 7.98. The average molecular weight is 436 g/mol. The van der Waals surface area contributed by atoms with Crippen LogP contribution >= 0.6 is 0 Å². The summed E-state index contributed by atoms with van der Waals surface area (Å²) in [5.74, 6) is 0.717. The van der Waals surface area contributed by atoms with Crippen molar-refractivity contribution < 1.29 is 4.79 Å². The Balaban J connectivity index is 1.38. The van der Waals surface area contributed by atoms with Gasteiger partial charge in [-0.2, -0.15) is 0 Å². The fraction of sp³-hybridized carbons (Fsp3) is 0.111. The van der Waals surface area contributed by atoms with Crippen LogP contribution in [-0.2, 0) is 13.0 Å². The van der Waals surface area contributed by atoms with Gasteiger partial charge in [-0.15, -0.1) is 0 Å². The van der Waals surface area contributed by atoms with Crippen LogP contribution in [-0.4, -0.2) is 21.0 Å². The number of imidazole rings is 1. The quantitative estimate of drug-likeness (QED) is 0.278. The Labute approximate surface area is 192 Å². The molecule has 6 heteroatoms. The molecule has 2 amide bonds. The number of aromatic amines is 2. The minimum atomic E-state index is -0.322. The van der Waals surface area contributed by atoms with E-state index in [1.807, 2.05) is 91.3 Å². The highest BCUT2D eigenvalue weighted by atomic mass is 16.2. The summed E-state index contributed by atoms with van der Waals surface area (Å²) in [7, 11) is 0. The molecule has 0 saturated carbocycles. The van der Waals surface area contributed by atoms with Crippen molar-refractivity contribution in [1.29, 1.82) is 0 Å². The third-order valence-corrected chi connectivity index (χ3v) is 5.71. The first kappa shape index (κ1) is 20.6. The van der Waals surface area contributed by atoms with E-state index in [0.717, 1.165) is 33.3 Å². The number of nitrogens with zero attached hydrogens (tertiary/aromatic N) is 1. The minimum absolute atomic E-state index is 0.235. The van der Waals surface area contributed by atoms with E-state index in [-0.39, 0.29) is 12.1 Å². The van der Waals surface area contributed by atoms with Gasteiger partial charge < -0.3 is 20.6 Å². The zero-order valence-corrected chi connectivity index (χ0v) is 18.1. The molecule has 0 saturated heterocycles. The normalized spacial score (nSPS) is 11.9. The van der Waals surface area contributed by atoms with Crippen LogP contribution in [0.1, 0.15) is 23.0 Å². The number of para-hydroxylation sites is 1. The second-order valence-electron chi connectivity index (χ2n) is 7.98. The van der Waals surface area contributed by atoms with Crippen LogP contribution in [0, 0.1) is 0 Å². The number of carbonyl (C=O) groups excluding carboxylic acids is 1. The monoisotopic (exact) mass is 435 g/mol. The van der Waals surface area contributed by atoms with Gasteiger partial charge in [-0.25, -0.2) is 9.78 Å². The first-order valence-electron chi connectivity index (χ1n) is 11.0. The average Bonchev–Trinajstić information content (AvgIpc) is 3.52. The zero-order chi connectivity index (χ0) is 22.5. The Bertz CT molecular complexity index is 1340. The zero-order valence-electron chi connectivity index (χ0n) is 18.1. The molecule has 0 fully saturated rings. The molecular formula is C27H25N5O. The topological polar surface area (TPSA) is 85.6 Å². The summed E-state index contributed by atoms with van der Waals surface area (Å²) in [4.78, 5) is 24.1. The number of urea groups is 1. The fourth-order valence-electron chi connectivity index (χ4n) is 4.00. The number of benzene rings is 3. The fourth-order valence-corrected chi connectivity index (χ4v) is 4.00. The molecule has 5 rings (SSSR count). The van der Waals surface area contributed by atoms with E-state index in [4.69, 9.17) is 0 Å². The molecule has 3 aromatic carbocycles. The molecule has 6 nitrogen and oxygen atoms in total. The van der Waals surface area contributed by atoms with Crippen LogP contribution in [0.5, 0.6) is 0 Å².